The molecule has 0 bridgehead atoms. The molecule has 1 aromatic carbocycles. The van der Waals surface area contributed by atoms with E-state index in [0.717, 1.165) is 12.8 Å². The van der Waals surface area contributed by atoms with E-state index in [1.54, 1.807) is 36.7 Å². The zero-order valence-corrected chi connectivity index (χ0v) is 16.0. The number of aromatic nitrogens is 2. The Kier molecular flexibility index (Phi) is 6.41. The summed E-state index contributed by atoms with van der Waals surface area (Å²) in [5, 5.41) is 0. The van der Waals surface area contributed by atoms with Crippen LogP contribution in [0.2, 0.25) is 0 Å². The molecule has 1 unspecified atom stereocenters. The summed E-state index contributed by atoms with van der Waals surface area (Å²) < 4.78 is 15.7. The summed E-state index contributed by atoms with van der Waals surface area (Å²) in [5.74, 6) is 0.708. The lowest BCUT2D eigenvalue weighted by Gasteiger charge is -2.33. The van der Waals surface area contributed by atoms with Crippen LogP contribution < -0.4 is 14.4 Å². The van der Waals surface area contributed by atoms with Crippen molar-refractivity contribution in [3.63, 3.8) is 0 Å². The highest BCUT2D eigenvalue weighted by Gasteiger charge is 2.32. The highest BCUT2D eigenvalue weighted by Crippen LogP contribution is 2.28. The van der Waals surface area contributed by atoms with Crippen LogP contribution in [-0.4, -0.2) is 55.1 Å². The van der Waals surface area contributed by atoms with Crippen molar-refractivity contribution in [2.24, 2.45) is 0 Å². The van der Waals surface area contributed by atoms with E-state index in [-0.39, 0.29) is 12.4 Å². The number of hydrogen-bond acceptors (Lipinski definition) is 8. The number of benzene rings is 1. The maximum Gasteiger partial charge on any atom is 0.329 e. The molecule has 0 radical (unpaired) electrons. The number of Topliss-reactive ketones (excluding diaryl/α,β-unsaturated/α-hetero) is 1. The van der Waals surface area contributed by atoms with Gasteiger partial charge in [0.15, 0.2) is 23.9 Å². The van der Waals surface area contributed by atoms with E-state index in [2.05, 4.69) is 9.97 Å². The Morgan fingerprint density at radius 3 is 2.57 bits per heavy atom. The summed E-state index contributed by atoms with van der Waals surface area (Å²) >= 11 is 0. The van der Waals surface area contributed by atoms with E-state index in [1.165, 1.54) is 14.2 Å². The Bertz CT molecular complexity index is 828. The summed E-state index contributed by atoms with van der Waals surface area (Å²) in [5.41, 5.74) is 0.386. The van der Waals surface area contributed by atoms with Crippen LogP contribution in [0, 0.1) is 0 Å². The fraction of sp³-hybridized carbons (Fsp3) is 0.400. The number of ketones is 1. The van der Waals surface area contributed by atoms with E-state index in [4.69, 9.17) is 14.2 Å². The summed E-state index contributed by atoms with van der Waals surface area (Å²) in [6, 6.07) is 6.06. The molecule has 1 atom stereocenters. The smallest absolute Gasteiger partial charge is 0.329 e. The van der Waals surface area contributed by atoms with Crippen molar-refractivity contribution in [1.82, 2.24) is 9.97 Å². The molecule has 0 saturated carbocycles. The molecule has 1 aromatic heterocycles. The predicted molar refractivity (Wildman–Crippen MR) is 102 cm³/mol. The third-order valence-corrected chi connectivity index (χ3v) is 4.63. The average Bonchev–Trinajstić information content (AvgIpc) is 2.77. The van der Waals surface area contributed by atoms with Gasteiger partial charge >= 0.3 is 5.97 Å². The van der Waals surface area contributed by atoms with Crippen LogP contribution >= 0.6 is 0 Å². The van der Waals surface area contributed by atoms with E-state index in [9.17, 15) is 9.59 Å². The maximum atomic E-state index is 12.6. The van der Waals surface area contributed by atoms with Crippen molar-refractivity contribution in [3.8, 4) is 11.5 Å². The van der Waals surface area contributed by atoms with Gasteiger partial charge in [-0.3, -0.25) is 4.79 Å². The standard InChI is InChI=1S/C20H23N3O5/c1-26-17-8-7-14(12-18(17)27-2)16(24)13-28-19(25)15-6-3-4-11-23(15)20-21-9-5-10-22-20/h5,7-10,12,15H,3-4,6,11,13H2,1-2H3. The highest BCUT2D eigenvalue weighted by atomic mass is 16.5. The van der Waals surface area contributed by atoms with Crippen molar-refractivity contribution in [1.29, 1.82) is 0 Å². The van der Waals surface area contributed by atoms with E-state index in [0.29, 0.717) is 36.0 Å². The molecule has 8 heteroatoms. The van der Waals surface area contributed by atoms with Gasteiger partial charge < -0.3 is 19.1 Å². The van der Waals surface area contributed by atoms with Gasteiger partial charge in [-0.05, 0) is 43.5 Å². The van der Waals surface area contributed by atoms with Crippen molar-refractivity contribution in [2.45, 2.75) is 25.3 Å². The summed E-state index contributed by atoms with van der Waals surface area (Å²) in [4.78, 5) is 35.4. The first kappa shape index (κ1) is 19.6. The maximum absolute atomic E-state index is 12.6. The Labute approximate surface area is 163 Å². The van der Waals surface area contributed by atoms with Gasteiger partial charge in [-0.1, -0.05) is 0 Å². The molecule has 28 heavy (non-hydrogen) atoms. The molecule has 2 heterocycles. The quantitative estimate of drug-likeness (QED) is 0.530. The molecule has 0 spiro atoms. The zero-order chi connectivity index (χ0) is 19.9. The normalized spacial score (nSPS) is 16.4. The van der Waals surface area contributed by atoms with Gasteiger partial charge in [0, 0.05) is 24.5 Å². The molecule has 1 aliphatic rings. The fourth-order valence-electron chi connectivity index (χ4n) is 3.18. The SMILES string of the molecule is COc1ccc(C(=O)COC(=O)C2CCCCN2c2ncccn2)cc1OC. The van der Waals surface area contributed by atoms with Crippen LogP contribution in [0.15, 0.2) is 36.7 Å². The van der Waals surface area contributed by atoms with Crippen molar-refractivity contribution in [3.05, 3.63) is 42.2 Å². The highest BCUT2D eigenvalue weighted by molar-refractivity contribution is 5.98. The lowest BCUT2D eigenvalue weighted by molar-refractivity contribution is -0.144. The van der Waals surface area contributed by atoms with Gasteiger partial charge in [0.2, 0.25) is 5.95 Å². The molecule has 0 amide bonds. The topological polar surface area (TPSA) is 90.9 Å². The first-order chi connectivity index (χ1) is 13.6. The first-order valence-electron chi connectivity index (χ1n) is 9.09. The largest absolute Gasteiger partial charge is 0.493 e. The van der Waals surface area contributed by atoms with Gasteiger partial charge in [0.25, 0.3) is 0 Å². The van der Waals surface area contributed by atoms with Crippen molar-refractivity contribution >= 4 is 17.7 Å². The number of hydrogen-bond donors (Lipinski definition) is 0. The van der Waals surface area contributed by atoms with Crippen LogP contribution in [0.3, 0.4) is 0 Å². The number of esters is 1. The monoisotopic (exact) mass is 385 g/mol. The fourth-order valence-corrected chi connectivity index (χ4v) is 3.18. The third kappa shape index (κ3) is 4.39. The minimum Gasteiger partial charge on any atom is -0.493 e. The molecule has 1 saturated heterocycles. The number of rotatable bonds is 7. The van der Waals surface area contributed by atoms with Crippen molar-refractivity contribution < 1.29 is 23.8 Å². The Balaban J connectivity index is 1.64. The molecular weight excluding hydrogens is 362 g/mol. The van der Waals surface area contributed by atoms with Gasteiger partial charge in [0.05, 0.1) is 14.2 Å². The third-order valence-electron chi connectivity index (χ3n) is 4.63. The van der Waals surface area contributed by atoms with E-state index < -0.39 is 12.0 Å². The zero-order valence-electron chi connectivity index (χ0n) is 16.0. The molecule has 148 valence electrons. The molecular formula is C20H23N3O5. The molecule has 8 nitrogen and oxygen atoms in total. The average molecular weight is 385 g/mol. The van der Waals surface area contributed by atoms with Gasteiger partial charge in [-0.15, -0.1) is 0 Å². The Morgan fingerprint density at radius 2 is 1.86 bits per heavy atom. The number of anilines is 1. The Hall–Kier alpha value is -3.16. The van der Waals surface area contributed by atoms with E-state index >= 15 is 0 Å². The molecule has 2 aromatic rings. The van der Waals surface area contributed by atoms with Gasteiger partial charge in [-0.2, -0.15) is 0 Å². The second-order valence-corrected chi connectivity index (χ2v) is 6.35. The first-order valence-corrected chi connectivity index (χ1v) is 9.09. The summed E-state index contributed by atoms with van der Waals surface area (Å²) in [6.07, 6.45) is 5.78. The second-order valence-electron chi connectivity index (χ2n) is 6.35. The minimum absolute atomic E-state index is 0.312. The second kappa shape index (κ2) is 9.16. The molecule has 3 rings (SSSR count). The predicted octanol–water partition coefficient (Wildman–Crippen LogP) is 2.28. The van der Waals surface area contributed by atoms with Gasteiger partial charge in [-0.25, -0.2) is 14.8 Å². The summed E-state index contributed by atoms with van der Waals surface area (Å²) in [6.45, 7) is 0.335. The van der Waals surface area contributed by atoms with Gasteiger partial charge in [0.1, 0.15) is 6.04 Å². The number of ether oxygens (including phenoxy) is 3. The number of carbonyl (C=O) groups is 2. The van der Waals surface area contributed by atoms with E-state index in [1.807, 2.05) is 4.90 Å². The number of nitrogens with zero attached hydrogens (tertiary/aromatic N) is 3. The molecule has 1 fully saturated rings. The van der Waals surface area contributed by atoms with Crippen LogP contribution in [0.4, 0.5) is 5.95 Å². The summed E-state index contributed by atoms with van der Waals surface area (Å²) in [7, 11) is 3.02. The van der Waals surface area contributed by atoms with Crippen LogP contribution in [0.5, 0.6) is 11.5 Å². The number of piperidine rings is 1. The lowest BCUT2D eigenvalue weighted by atomic mass is 10.0. The van der Waals surface area contributed by atoms with Crippen LogP contribution in [0.25, 0.3) is 0 Å². The molecule has 0 N–H and O–H groups in total. The lowest BCUT2D eigenvalue weighted by Crippen LogP contribution is -2.46. The van der Waals surface area contributed by atoms with Crippen molar-refractivity contribution in [2.75, 3.05) is 32.3 Å². The number of methoxy groups -OCH3 is 2. The molecule has 1 aliphatic heterocycles. The Morgan fingerprint density at radius 1 is 1.11 bits per heavy atom. The molecule has 0 aliphatic carbocycles. The van der Waals surface area contributed by atoms with Crippen LogP contribution in [0.1, 0.15) is 29.6 Å². The minimum atomic E-state index is -0.491. The number of carbonyl (C=O) groups excluding carboxylic acids is 2. The van der Waals surface area contributed by atoms with Crippen LogP contribution in [-0.2, 0) is 9.53 Å².